The Morgan fingerprint density at radius 3 is 1.38 bits per heavy atom. The zero-order valence-electron chi connectivity index (χ0n) is 60.5. The lowest BCUT2D eigenvalue weighted by molar-refractivity contribution is -0.420. The van der Waals surface area contributed by atoms with Crippen LogP contribution in [0, 0.1) is 0 Å². The van der Waals surface area contributed by atoms with Gasteiger partial charge in [0.25, 0.3) is 11.6 Å². The second kappa shape index (κ2) is 41.5. The van der Waals surface area contributed by atoms with E-state index in [0.29, 0.717) is 0 Å². The average molecular weight is 1730 g/mol. The number of nitrogens with two attached hydrogens (primary N) is 1. The molecular formula is C60H103N2O53P. The van der Waals surface area contributed by atoms with Crippen molar-refractivity contribution in [3.8, 4) is 0 Å². The van der Waals surface area contributed by atoms with Crippen molar-refractivity contribution in [2.24, 2.45) is 5.73 Å². The number of aliphatic carboxylic acids is 2. The first-order chi connectivity index (χ1) is 54.4. The number of hydrogen-bond acceptors (Lipinski definition) is 51. The van der Waals surface area contributed by atoms with Crippen LogP contribution in [0.3, 0.4) is 0 Å². The van der Waals surface area contributed by atoms with Crippen LogP contribution in [0.4, 0.5) is 0 Å². The van der Waals surface area contributed by atoms with E-state index in [2.05, 4.69) is 9.84 Å². The topological polar surface area (TPSA) is 911 Å². The highest BCUT2D eigenvalue weighted by molar-refractivity contribution is 7.47. The zero-order chi connectivity index (χ0) is 86.6. The van der Waals surface area contributed by atoms with Gasteiger partial charge in [0, 0.05) is 19.9 Å². The lowest BCUT2D eigenvalue weighted by Gasteiger charge is -2.53. The van der Waals surface area contributed by atoms with Crippen molar-refractivity contribution in [2.45, 2.75) is 288 Å². The first-order valence-electron chi connectivity index (χ1n) is 35.6. The Morgan fingerprint density at radius 1 is 0.457 bits per heavy atom. The number of carboxylic acid groups (broad SMARTS) is 2. The molecule has 8 fully saturated rings. The third-order valence-corrected chi connectivity index (χ3v) is 21.3. The summed E-state index contributed by atoms with van der Waals surface area (Å²) in [5.74, 6) is -14.1. The Hall–Kier alpha value is -3.28. The first-order valence-corrected chi connectivity index (χ1v) is 37.1. The van der Waals surface area contributed by atoms with E-state index in [1.807, 2.05) is 0 Å². The van der Waals surface area contributed by atoms with Gasteiger partial charge in [0.05, 0.1) is 65.6 Å². The number of nitrogens with one attached hydrogen (secondary N) is 1. The van der Waals surface area contributed by atoms with Crippen LogP contribution >= 0.6 is 7.82 Å². The number of phosphoric acid groups is 1. The third-order valence-electron chi connectivity index (χ3n) is 20.3. The molecule has 8 rings (SSSR count). The number of phosphoric ester groups is 1. The van der Waals surface area contributed by atoms with Crippen molar-refractivity contribution in [3.63, 3.8) is 0 Å². The van der Waals surface area contributed by atoms with Gasteiger partial charge in [-0.2, -0.15) is 0 Å². The molecule has 0 spiro atoms. The van der Waals surface area contributed by atoms with E-state index in [1.54, 1.807) is 0 Å². The first kappa shape index (κ1) is 98.2. The largest absolute Gasteiger partial charge is 0.477 e. The number of ether oxygens (including phenoxy) is 15. The van der Waals surface area contributed by atoms with Gasteiger partial charge in [-0.15, -0.1) is 0 Å². The van der Waals surface area contributed by atoms with E-state index >= 15 is 0 Å². The molecule has 8 aliphatic rings. The molecule has 8 saturated heterocycles. The molecule has 0 saturated carbocycles. The standard InChI is InChI=1S/C60H103N2O53P/c1-13(69)62-23-26(77)24(75)20(8-66)102-51(23)109-47-37(88)42(18(74)12-100-53-35(86)29(80)31(82)41(105-53)17(73)11-99-52-34(85)28(79)30(81)40(104-52)14(70)5-63)106-55(38(47)89)110-48-39(90)56(107-43(15(71)6-64)49(48)111-54-36(87)27(78)25(76)21(9-67)103-54)108-46-19(4-59(96,57(92)93)113-44(46)16(72)7-65)112-60(58(94)95)50(91)33(84)32(83)45(114-60)22(10-68)115-116(97,98)101-3-2-61/h14-56,63-68,70-91,96H,2-12,61H2,1H3,(H,62,69)(H,92,93)(H,94,95)(H,97,98)/t14-,15+,16-,17+,18+,19-,20-,21-,22-,23-,24-,25-,26-,27+,28+,29+,30+,31+,32-,33+,34+,35+,36-,37-,38+,39+,40-,41-,42-,43-,44-,45-,46-,47+,48-,49-,50+,51+,52+,53+,54+,55-,56-,59-,60-/m1/s1. The molecule has 8 heterocycles. The lowest BCUT2D eigenvalue weighted by Crippen LogP contribution is -2.73. The number of carbonyl (C=O) groups is 3. The van der Waals surface area contributed by atoms with Gasteiger partial charge >= 0.3 is 19.8 Å². The second-order valence-electron chi connectivity index (χ2n) is 28.3. The maximum atomic E-state index is 13.7. The van der Waals surface area contributed by atoms with Gasteiger partial charge in [-0.05, 0) is 0 Å². The molecule has 0 aromatic heterocycles. The van der Waals surface area contributed by atoms with E-state index in [9.17, 15) is 182 Å². The van der Waals surface area contributed by atoms with Gasteiger partial charge in [-0.1, -0.05) is 0 Å². The summed E-state index contributed by atoms with van der Waals surface area (Å²) in [6, 6.07) is -2.01. The van der Waals surface area contributed by atoms with Crippen LogP contribution in [0.2, 0.25) is 0 Å². The fraction of sp³-hybridized carbons (Fsp3) is 0.950. The minimum atomic E-state index is -5.47. The number of amides is 1. The van der Waals surface area contributed by atoms with Crippen molar-refractivity contribution in [1.29, 1.82) is 0 Å². The summed E-state index contributed by atoms with van der Waals surface area (Å²) in [4.78, 5) is 49.8. The molecule has 0 aliphatic carbocycles. The molecule has 0 aromatic carbocycles. The maximum absolute atomic E-state index is 13.7. The number of rotatable bonds is 36. The summed E-state index contributed by atoms with van der Waals surface area (Å²) in [6.45, 7) is -11.1. The predicted octanol–water partition coefficient (Wildman–Crippen LogP) is -22.1. The molecule has 116 heavy (non-hydrogen) atoms. The van der Waals surface area contributed by atoms with Crippen LogP contribution in [0.15, 0.2) is 0 Å². The van der Waals surface area contributed by atoms with E-state index in [-0.39, 0.29) is 0 Å². The Bertz CT molecular complexity index is 3140. The molecule has 1 unspecified atom stereocenters. The molecular weight excluding hydrogens is 1630 g/mol. The van der Waals surface area contributed by atoms with Gasteiger partial charge in [-0.3, -0.25) is 13.8 Å². The van der Waals surface area contributed by atoms with Crippen molar-refractivity contribution in [1.82, 2.24) is 5.32 Å². The van der Waals surface area contributed by atoms with Gasteiger partial charge in [0.1, 0.15) is 220 Å². The van der Waals surface area contributed by atoms with Crippen LogP contribution < -0.4 is 11.1 Å². The van der Waals surface area contributed by atoms with E-state index < -0.39 is 373 Å². The number of aliphatic hydroxyl groups is 29. The summed E-state index contributed by atoms with van der Waals surface area (Å²) >= 11 is 0. The van der Waals surface area contributed by atoms with Crippen LogP contribution in [-0.4, -0.2) is 522 Å². The van der Waals surface area contributed by atoms with Crippen molar-refractivity contribution >= 4 is 25.7 Å². The van der Waals surface area contributed by atoms with Crippen LogP contribution in [0.1, 0.15) is 13.3 Å². The van der Waals surface area contributed by atoms with Gasteiger partial charge in [0.15, 0.2) is 37.7 Å². The molecule has 0 radical (unpaired) electrons. The smallest absolute Gasteiger partial charge is 0.472 e. The molecule has 676 valence electrons. The SMILES string of the molecule is CC(=O)N[C@H]1[C@H](O[C@@H]2[C@H](O)[C@@H](O[C@@H]3[C@H](O)[C@@H](O[C@H]4[C@@H]([C@H](O)CO)O[C@@](O)(C(=O)O)C[C@H]4O[C@@]4(C(=O)O)O[C@H]([C@@H](CO)OP(=O)(O)OCCN)[C@H](O)[C@H](O)[C@@H]4O)O[C@H]([C@@H](O)CO)[C@H]3O[C@@H]3O[C@H](CO)[C@@H](O)[C@H](O)[C@H]3O)O[C@H]([C@@H](O)CO[C@H]3O[C@H]([C@@H](O)CO[C@H]4O[C@H]([C@H](O)CO)[C@@H](O)[C@H](O)[C@@H]4O)[C@@H](O)[C@H](O)[C@@H]3O)[C@H]2O)O[C@H](CO)[C@@H](O)[C@@H]1O. The molecule has 35 N–H and O–H groups in total. The number of aliphatic hydroxyl groups excluding tert-OH is 28. The van der Waals surface area contributed by atoms with Crippen LogP contribution in [0.25, 0.3) is 0 Å². The van der Waals surface area contributed by atoms with E-state index in [0.717, 1.165) is 6.92 Å². The maximum Gasteiger partial charge on any atom is 0.472 e. The van der Waals surface area contributed by atoms with Gasteiger partial charge in [-0.25, -0.2) is 14.2 Å². The molecule has 56 heteroatoms. The second-order valence-corrected chi connectivity index (χ2v) is 29.7. The minimum absolute atomic E-state index is 0.458. The fourth-order valence-electron chi connectivity index (χ4n) is 14.0. The van der Waals surface area contributed by atoms with Crippen LogP contribution in [0.5, 0.6) is 0 Å². The van der Waals surface area contributed by atoms with E-state index in [1.165, 1.54) is 0 Å². The zero-order valence-corrected chi connectivity index (χ0v) is 61.4. The van der Waals surface area contributed by atoms with Crippen molar-refractivity contribution < 1.29 is 262 Å². The van der Waals surface area contributed by atoms with Gasteiger partial charge < -0.3 is 245 Å². The highest BCUT2D eigenvalue weighted by Crippen LogP contribution is 2.48. The monoisotopic (exact) mass is 1730 g/mol. The van der Waals surface area contributed by atoms with Gasteiger partial charge in [0.2, 0.25) is 5.91 Å². The summed E-state index contributed by atoms with van der Waals surface area (Å²) in [5.41, 5.74) is 5.32. The normalized spacial score (nSPS) is 46.7. The predicted molar refractivity (Wildman–Crippen MR) is 348 cm³/mol. The van der Waals surface area contributed by atoms with E-state index in [4.69, 9.17) is 81.3 Å². The molecule has 46 atom stereocenters. The fourth-order valence-corrected chi connectivity index (χ4v) is 14.9. The Kier molecular flexibility index (Phi) is 35.1. The third kappa shape index (κ3) is 21.2. The summed E-state index contributed by atoms with van der Waals surface area (Å²) in [6.07, 6.45) is -106. The Morgan fingerprint density at radius 2 is 0.879 bits per heavy atom. The average Bonchev–Trinajstić information content (AvgIpc) is 0.732. The minimum Gasteiger partial charge on any atom is -0.477 e. The lowest BCUT2D eigenvalue weighted by atomic mass is 9.88. The molecule has 55 nitrogen and oxygen atoms in total. The molecule has 8 aliphatic heterocycles. The molecule has 1 amide bonds. The number of carbonyl (C=O) groups excluding carboxylic acids is 1. The summed E-state index contributed by atoms with van der Waals surface area (Å²) in [7, 11) is -5.47. The Balaban J connectivity index is 1.21. The summed E-state index contributed by atoms with van der Waals surface area (Å²) < 4.78 is 108. The van der Waals surface area contributed by atoms with Crippen LogP contribution in [-0.2, 0) is 99.0 Å². The quantitative estimate of drug-likeness (QED) is 0.0259. The number of carboxylic acids is 2. The molecule has 0 bridgehead atoms. The highest BCUT2D eigenvalue weighted by Gasteiger charge is 2.67. The molecule has 0 aromatic rings. The summed E-state index contributed by atoms with van der Waals surface area (Å²) in [5, 5.41) is 345. The number of hydrogen-bond donors (Lipinski definition) is 34. The van der Waals surface area contributed by atoms with Crippen molar-refractivity contribution in [3.05, 3.63) is 0 Å². The Labute approximate surface area is 651 Å². The highest BCUT2D eigenvalue weighted by atomic mass is 31.2. The van der Waals surface area contributed by atoms with Crippen molar-refractivity contribution in [2.75, 3.05) is 66.0 Å².